The van der Waals surface area contributed by atoms with Crippen LogP contribution >= 0.6 is 0 Å². The van der Waals surface area contributed by atoms with Gasteiger partial charge in [-0.2, -0.15) is 0 Å². The van der Waals surface area contributed by atoms with Crippen molar-refractivity contribution in [1.82, 2.24) is 0 Å². The Hall–Kier alpha value is -1.45. The van der Waals surface area contributed by atoms with Crippen molar-refractivity contribution in [3.05, 3.63) is 59.3 Å². The highest BCUT2D eigenvalue weighted by Gasteiger charge is 2.45. The quantitative estimate of drug-likeness (QED) is 0.411. The molecule has 0 aromatic carbocycles. The van der Waals surface area contributed by atoms with Gasteiger partial charge in [0.25, 0.3) is 0 Å². The Kier molecular flexibility index (Phi) is 8.04. The van der Waals surface area contributed by atoms with E-state index < -0.39 is 17.9 Å². The second kappa shape index (κ2) is 10.2. The van der Waals surface area contributed by atoms with Crippen molar-refractivity contribution in [2.24, 2.45) is 17.3 Å². The van der Waals surface area contributed by atoms with Crippen molar-refractivity contribution in [3.63, 3.8) is 0 Å². The van der Waals surface area contributed by atoms with Crippen LogP contribution < -0.4 is 0 Å². The minimum absolute atomic E-state index is 0.168. The molecule has 0 heterocycles. The van der Waals surface area contributed by atoms with Crippen LogP contribution in [0, 0.1) is 17.3 Å². The molecule has 3 rings (SSSR count). The van der Waals surface area contributed by atoms with E-state index >= 15 is 0 Å². The summed E-state index contributed by atoms with van der Waals surface area (Å²) in [6.45, 7) is 12.7. The maximum Gasteiger partial charge on any atom is 0.127 e. The molecule has 0 radical (unpaired) electrons. The molecule has 0 aliphatic heterocycles. The molecule has 3 aliphatic rings. The molecule has 0 aromatic rings. The maximum absolute atomic E-state index is 14.1. The first kappa shape index (κ1) is 25.2. The lowest BCUT2D eigenvalue weighted by Crippen LogP contribution is -2.32. The molecule has 32 heavy (non-hydrogen) atoms. The van der Waals surface area contributed by atoms with Gasteiger partial charge in [0, 0.05) is 6.42 Å². The van der Waals surface area contributed by atoms with E-state index in [9.17, 15) is 14.6 Å². The molecule has 0 bridgehead atoms. The molecule has 3 heteroatoms. The standard InChI is InChI=1S/C29H43FO2/c1-6-29(32,7-2)17-8-10-20(3)25-14-15-26-22(11-9-16-28(25,26)5)12-13-23-18-24(31)19-27(30)21(23)4/h8,12-14,17,20,24,26-27,31-32H,4,6-7,9-11,15-16,18-19H2,1-3,5H3/b17-8+,22-12+,23-13-/t20-,24+,26-,27-,28+/m0/s1. The number of aliphatic hydroxyl groups is 2. The van der Waals surface area contributed by atoms with Crippen LogP contribution in [0.5, 0.6) is 0 Å². The van der Waals surface area contributed by atoms with E-state index in [1.807, 2.05) is 26.0 Å². The van der Waals surface area contributed by atoms with Crippen molar-refractivity contribution < 1.29 is 14.6 Å². The zero-order valence-corrected chi connectivity index (χ0v) is 20.5. The van der Waals surface area contributed by atoms with Crippen LogP contribution in [0.25, 0.3) is 0 Å². The van der Waals surface area contributed by atoms with Crippen molar-refractivity contribution in [2.75, 3.05) is 0 Å². The molecular weight excluding hydrogens is 399 g/mol. The van der Waals surface area contributed by atoms with E-state index in [1.165, 1.54) is 18.4 Å². The van der Waals surface area contributed by atoms with Crippen LogP contribution in [0.4, 0.5) is 4.39 Å². The summed E-state index contributed by atoms with van der Waals surface area (Å²) in [4.78, 5) is 0. The van der Waals surface area contributed by atoms with E-state index in [1.54, 1.807) is 5.57 Å². The Morgan fingerprint density at radius 2 is 2.03 bits per heavy atom. The normalized spacial score (nSPS) is 34.9. The first-order valence-electron chi connectivity index (χ1n) is 12.6. The number of fused-ring (bicyclic) bond motifs is 1. The van der Waals surface area contributed by atoms with Crippen molar-refractivity contribution >= 4 is 0 Å². The third-order valence-corrected chi connectivity index (χ3v) is 8.51. The molecule has 5 atom stereocenters. The van der Waals surface area contributed by atoms with Crippen LogP contribution in [0.3, 0.4) is 0 Å². The second-order valence-corrected chi connectivity index (χ2v) is 10.6. The molecule has 2 fully saturated rings. The molecule has 0 aromatic heterocycles. The van der Waals surface area contributed by atoms with Gasteiger partial charge in [-0.25, -0.2) is 4.39 Å². The summed E-state index contributed by atoms with van der Waals surface area (Å²) in [7, 11) is 0. The minimum Gasteiger partial charge on any atom is -0.393 e. The van der Waals surface area contributed by atoms with Gasteiger partial charge >= 0.3 is 0 Å². The highest BCUT2D eigenvalue weighted by Crippen LogP contribution is 2.57. The Morgan fingerprint density at radius 1 is 1.31 bits per heavy atom. The molecule has 0 spiro atoms. The molecular formula is C29H43FO2. The van der Waals surface area contributed by atoms with Crippen LogP contribution in [-0.2, 0) is 0 Å². The van der Waals surface area contributed by atoms with Gasteiger partial charge < -0.3 is 10.2 Å². The van der Waals surface area contributed by atoms with E-state index in [2.05, 4.69) is 38.7 Å². The predicted octanol–water partition coefficient (Wildman–Crippen LogP) is 7.16. The Bertz CT molecular complexity index is 813. The predicted molar refractivity (Wildman–Crippen MR) is 132 cm³/mol. The lowest BCUT2D eigenvalue weighted by Gasteiger charge is -2.42. The molecule has 3 aliphatic carbocycles. The molecule has 2 N–H and O–H groups in total. The monoisotopic (exact) mass is 442 g/mol. The van der Waals surface area contributed by atoms with E-state index in [-0.39, 0.29) is 11.8 Å². The number of hydrogen-bond acceptors (Lipinski definition) is 2. The maximum atomic E-state index is 14.1. The van der Waals surface area contributed by atoms with Crippen LogP contribution in [0.1, 0.15) is 85.5 Å². The van der Waals surface area contributed by atoms with Gasteiger partial charge in [-0.15, -0.1) is 0 Å². The Labute approximate surface area is 194 Å². The van der Waals surface area contributed by atoms with Gasteiger partial charge in [-0.1, -0.05) is 75.8 Å². The first-order chi connectivity index (χ1) is 15.1. The van der Waals surface area contributed by atoms with Gasteiger partial charge in [0.15, 0.2) is 0 Å². The number of halogens is 1. The number of allylic oxidation sites excluding steroid dienone is 7. The summed E-state index contributed by atoms with van der Waals surface area (Å²) in [5.74, 6) is 0.957. The SMILES string of the molecule is C=C1/C(=C\C=C2/CCC[C@]3(C)C([C@@H](C)C/C=C/C(O)(CC)CC)=CC[C@@H]23)C[C@@H](O)C[C@@H]1F. The lowest BCUT2D eigenvalue weighted by molar-refractivity contribution is 0.0824. The topological polar surface area (TPSA) is 40.5 Å². The lowest BCUT2D eigenvalue weighted by atomic mass is 9.62. The third-order valence-electron chi connectivity index (χ3n) is 8.51. The molecule has 2 saturated carbocycles. The molecule has 0 amide bonds. The average Bonchev–Trinajstić information content (AvgIpc) is 3.12. The van der Waals surface area contributed by atoms with Crippen molar-refractivity contribution in [1.29, 1.82) is 0 Å². The molecule has 178 valence electrons. The number of rotatable bonds is 7. The van der Waals surface area contributed by atoms with Crippen molar-refractivity contribution in [2.45, 2.75) is 103 Å². The molecule has 0 saturated heterocycles. The van der Waals surface area contributed by atoms with Crippen molar-refractivity contribution in [3.8, 4) is 0 Å². The largest absolute Gasteiger partial charge is 0.393 e. The average molecular weight is 443 g/mol. The van der Waals surface area contributed by atoms with Crippen LogP contribution in [0.2, 0.25) is 0 Å². The molecule has 0 unspecified atom stereocenters. The van der Waals surface area contributed by atoms with Gasteiger partial charge in [0.1, 0.15) is 6.17 Å². The number of aliphatic hydroxyl groups excluding tert-OH is 1. The zero-order chi connectivity index (χ0) is 23.5. The van der Waals surface area contributed by atoms with Crippen LogP contribution in [0.15, 0.2) is 59.3 Å². The Morgan fingerprint density at radius 3 is 2.72 bits per heavy atom. The van der Waals surface area contributed by atoms with Gasteiger partial charge in [0.05, 0.1) is 11.7 Å². The summed E-state index contributed by atoms with van der Waals surface area (Å²) < 4.78 is 14.1. The van der Waals surface area contributed by atoms with E-state index in [0.717, 1.165) is 37.7 Å². The highest BCUT2D eigenvalue weighted by atomic mass is 19.1. The summed E-state index contributed by atoms with van der Waals surface area (Å²) in [6.07, 6.45) is 16.8. The van der Waals surface area contributed by atoms with Crippen LogP contribution in [-0.4, -0.2) is 28.1 Å². The van der Waals surface area contributed by atoms with Gasteiger partial charge in [0.2, 0.25) is 0 Å². The summed E-state index contributed by atoms with van der Waals surface area (Å²) in [6, 6.07) is 0. The second-order valence-electron chi connectivity index (χ2n) is 10.6. The zero-order valence-electron chi connectivity index (χ0n) is 20.5. The first-order valence-corrected chi connectivity index (χ1v) is 12.6. The van der Waals surface area contributed by atoms with E-state index in [0.29, 0.717) is 23.8 Å². The number of hydrogen-bond donors (Lipinski definition) is 2. The fourth-order valence-electron chi connectivity index (χ4n) is 6.15. The summed E-state index contributed by atoms with van der Waals surface area (Å²) >= 11 is 0. The van der Waals surface area contributed by atoms with E-state index in [4.69, 9.17) is 0 Å². The van der Waals surface area contributed by atoms with Gasteiger partial charge in [-0.3, -0.25) is 0 Å². The fourth-order valence-corrected chi connectivity index (χ4v) is 6.15. The van der Waals surface area contributed by atoms with Gasteiger partial charge in [-0.05, 0) is 79.8 Å². The Balaban J connectivity index is 1.73. The summed E-state index contributed by atoms with van der Waals surface area (Å²) in [5, 5.41) is 20.5. The third kappa shape index (κ3) is 5.20. The summed E-state index contributed by atoms with van der Waals surface area (Å²) in [5.41, 5.74) is 3.90. The fraction of sp³-hybridized carbons (Fsp3) is 0.655. The highest BCUT2D eigenvalue weighted by molar-refractivity contribution is 5.40. The number of alkyl halides is 1. The smallest absolute Gasteiger partial charge is 0.127 e. The minimum atomic E-state index is -1.13. The molecule has 2 nitrogen and oxygen atoms in total.